The van der Waals surface area contributed by atoms with Crippen LogP contribution in [0.15, 0.2) is 57.0 Å². The second-order valence-electron chi connectivity index (χ2n) is 7.05. The topological polar surface area (TPSA) is 66.3 Å². The van der Waals surface area contributed by atoms with Gasteiger partial charge in [0, 0.05) is 21.0 Å². The van der Waals surface area contributed by atoms with Gasteiger partial charge in [-0.1, -0.05) is 59.6 Å². The molecular formula is C22H23BrN4O2S. The van der Waals surface area contributed by atoms with Crippen molar-refractivity contribution < 1.29 is 9.53 Å². The summed E-state index contributed by atoms with van der Waals surface area (Å²) < 4.78 is 6.28. The predicted molar refractivity (Wildman–Crippen MR) is 123 cm³/mol. The molecular weight excluding hydrogens is 464 g/mol. The number of rotatable bonds is 6. The first-order chi connectivity index (χ1) is 14.6. The summed E-state index contributed by atoms with van der Waals surface area (Å²) in [6.45, 7) is 2.18. The number of thioether (sulfide) groups is 1. The van der Waals surface area contributed by atoms with Crippen molar-refractivity contribution in [2.45, 2.75) is 32.4 Å². The van der Waals surface area contributed by atoms with E-state index in [-0.39, 0.29) is 5.91 Å². The highest BCUT2D eigenvalue weighted by Gasteiger charge is 2.34. The summed E-state index contributed by atoms with van der Waals surface area (Å²) in [4.78, 5) is 18.1. The number of hydrogen-bond donors (Lipinski definition) is 1. The number of benzene rings is 2. The SMILES string of the molecule is CCCCCSC1=NN2C(=c3cc(Br)ccc3=NC2c2cccc(OC)c2)C(=O)N1. The molecule has 1 amide bonds. The number of methoxy groups -OCH3 is 1. The van der Waals surface area contributed by atoms with E-state index in [0.29, 0.717) is 10.9 Å². The molecule has 1 unspecified atom stereocenters. The summed E-state index contributed by atoms with van der Waals surface area (Å²) in [5.41, 5.74) is 1.42. The van der Waals surface area contributed by atoms with Crippen molar-refractivity contribution in [3.63, 3.8) is 0 Å². The Balaban J connectivity index is 1.80. The van der Waals surface area contributed by atoms with Gasteiger partial charge in [0.25, 0.3) is 5.91 Å². The minimum absolute atomic E-state index is 0.162. The molecule has 4 rings (SSSR count). The summed E-state index contributed by atoms with van der Waals surface area (Å²) in [5, 5.41) is 11.6. The molecule has 0 radical (unpaired) electrons. The zero-order valence-electron chi connectivity index (χ0n) is 16.9. The maximum Gasteiger partial charge on any atom is 0.276 e. The van der Waals surface area contributed by atoms with Crippen LogP contribution in [-0.2, 0) is 4.79 Å². The standard InChI is InChI=1S/C22H23BrN4O2S/c1-3-4-5-11-30-22-25-21(28)19-17-13-15(23)9-10-18(17)24-20(27(19)26-22)14-7-6-8-16(12-14)29-2/h6-10,12-13,20H,3-5,11H2,1-2H3,(H,25,26,28). The van der Waals surface area contributed by atoms with Crippen molar-refractivity contribution in [3.8, 4) is 5.75 Å². The summed E-state index contributed by atoms with van der Waals surface area (Å²) in [6.07, 6.45) is 2.97. The van der Waals surface area contributed by atoms with Crippen LogP contribution in [0.1, 0.15) is 37.9 Å². The van der Waals surface area contributed by atoms with Gasteiger partial charge in [-0.3, -0.25) is 15.1 Å². The number of amides is 1. The highest BCUT2D eigenvalue weighted by Crippen LogP contribution is 2.32. The molecule has 1 N–H and O–H groups in total. The Morgan fingerprint density at radius 1 is 1.23 bits per heavy atom. The lowest BCUT2D eigenvalue weighted by molar-refractivity contribution is -0.116. The third-order valence-corrected chi connectivity index (χ3v) is 6.39. The molecule has 0 bridgehead atoms. The van der Waals surface area contributed by atoms with Crippen LogP contribution >= 0.6 is 27.7 Å². The van der Waals surface area contributed by atoms with Crippen LogP contribution in [-0.4, -0.2) is 28.9 Å². The molecule has 30 heavy (non-hydrogen) atoms. The first kappa shape index (κ1) is 20.9. The van der Waals surface area contributed by atoms with E-state index in [1.165, 1.54) is 6.42 Å². The molecule has 6 nitrogen and oxygen atoms in total. The molecule has 0 saturated carbocycles. The van der Waals surface area contributed by atoms with Crippen molar-refractivity contribution in [2.75, 3.05) is 12.9 Å². The molecule has 156 valence electrons. The van der Waals surface area contributed by atoms with E-state index < -0.39 is 6.17 Å². The van der Waals surface area contributed by atoms with Gasteiger partial charge in [0.2, 0.25) is 0 Å². The Labute approximate surface area is 188 Å². The number of hydrogen-bond acceptors (Lipinski definition) is 6. The highest BCUT2D eigenvalue weighted by atomic mass is 79.9. The largest absolute Gasteiger partial charge is 0.497 e. The van der Waals surface area contributed by atoms with E-state index in [2.05, 4.69) is 28.2 Å². The van der Waals surface area contributed by atoms with E-state index in [4.69, 9.17) is 14.8 Å². The first-order valence-electron chi connectivity index (χ1n) is 9.94. The van der Waals surface area contributed by atoms with E-state index in [9.17, 15) is 4.79 Å². The molecule has 0 aliphatic carbocycles. The number of nitrogens with zero attached hydrogens (tertiary/aromatic N) is 3. The number of nitrogens with one attached hydrogen (secondary N) is 1. The Morgan fingerprint density at radius 3 is 2.90 bits per heavy atom. The normalized spacial score (nSPS) is 17.5. The summed E-state index contributed by atoms with van der Waals surface area (Å²) in [5.74, 6) is 1.50. The summed E-state index contributed by atoms with van der Waals surface area (Å²) in [6, 6.07) is 13.5. The smallest absolute Gasteiger partial charge is 0.276 e. The van der Waals surface area contributed by atoms with Crippen LogP contribution < -0.4 is 20.6 Å². The average Bonchev–Trinajstić information content (AvgIpc) is 2.76. The number of halogens is 1. The third-order valence-electron chi connectivity index (χ3n) is 4.95. The van der Waals surface area contributed by atoms with Gasteiger partial charge in [0.05, 0.1) is 12.5 Å². The van der Waals surface area contributed by atoms with E-state index in [0.717, 1.165) is 45.0 Å². The Bertz CT molecular complexity index is 1120. The summed E-state index contributed by atoms with van der Waals surface area (Å²) >= 11 is 5.08. The highest BCUT2D eigenvalue weighted by molar-refractivity contribution is 9.10. The lowest BCUT2D eigenvalue weighted by atomic mass is 10.1. The predicted octanol–water partition coefficient (Wildman–Crippen LogP) is 3.52. The molecule has 0 spiro atoms. The lowest BCUT2D eigenvalue weighted by Gasteiger charge is -2.34. The Hall–Kier alpha value is -2.32. The van der Waals surface area contributed by atoms with Gasteiger partial charge in [-0.05, 0) is 36.8 Å². The molecule has 0 saturated heterocycles. The fourth-order valence-corrected chi connectivity index (χ4v) is 4.67. The van der Waals surface area contributed by atoms with Crippen molar-refractivity contribution >= 4 is 44.5 Å². The van der Waals surface area contributed by atoms with Crippen LogP contribution in [0.5, 0.6) is 5.75 Å². The lowest BCUT2D eigenvalue weighted by Crippen LogP contribution is -2.50. The quantitative estimate of drug-likeness (QED) is 0.634. The number of fused-ring (bicyclic) bond motifs is 2. The second kappa shape index (κ2) is 9.22. The van der Waals surface area contributed by atoms with Gasteiger partial charge in [0.15, 0.2) is 11.3 Å². The Kier molecular flexibility index (Phi) is 6.43. The average molecular weight is 487 g/mol. The van der Waals surface area contributed by atoms with Gasteiger partial charge in [-0.15, -0.1) is 5.10 Å². The minimum Gasteiger partial charge on any atom is -0.497 e. The molecule has 2 heterocycles. The zero-order valence-corrected chi connectivity index (χ0v) is 19.3. The first-order valence-corrected chi connectivity index (χ1v) is 11.7. The fourth-order valence-electron chi connectivity index (χ4n) is 3.46. The van der Waals surface area contributed by atoms with Crippen molar-refractivity contribution in [1.29, 1.82) is 0 Å². The number of unbranched alkanes of at least 4 members (excludes halogenated alkanes) is 2. The van der Waals surface area contributed by atoms with E-state index >= 15 is 0 Å². The van der Waals surface area contributed by atoms with Crippen LogP contribution in [0.4, 0.5) is 0 Å². The summed E-state index contributed by atoms with van der Waals surface area (Å²) in [7, 11) is 1.64. The van der Waals surface area contributed by atoms with Crippen molar-refractivity contribution in [1.82, 2.24) is 10.3 Å². The monoisotopic (exact) mass is 486 g/mol. The van der Waals surface area contributed by atoms with Crippen molar-refractivity contribution in [2.24, 2.45) is 10.1 Å². The number of amidine groups is 1. The number of carbonyl (C=O) groups is 1. The van der Waals surface area contributed by atoms with Crippen LogP contribution in [0, 0.1) is 0 Å². The Morgan fingerprint density at radius 2 is 2.10 bits per heavy atom. The molecule has 2 aliphatic rings. The molecule has 2 aromatic rings. The number of carbonyl (C=O) groups excluding carboxylic acids is 1. The molecule has 8 heteroatoms. The maximum absolute atomic E-state index is 13.1. The van der Waals surface area contributed by atoms with E-state index in [1.54, 1.807) is 23.9 Å². The second-order valence-corrected chi connectivity index (χ2v) is 9.05. The van der Waals surface area contributed by atoms with Crippen molar-refractivity contribution in [3.05, 3.63) is 63.1 Å². The number of ether oxygens (including phenoxy) is 1. The van der Waals surface area contributed by atoms with Gasteiger partial charge in [-0.2, -0.15) is 0 Å². The van der Waals surface area contributed by atoms with Crippen LogP contribution in [0.25, 0.3) is 5.70 Å². The van der Waals surface area contributed by atoms with Gasteiger partial charge in [0.1, 0.15) is 11.4 Å². The van der Waals surface area contributed by atoms with Crippen LogP contribution in [0.3, 0.4) is 0 Å². The molecule has 0 aromatic heterocycles. The molecule has 0 fully saturated rings. The third kappa shape index (κ3) is 4.25. The fraction of sp³-hybridized carbons (Fsp3) is 0.318. The van der Waals surface area contributed by atoms with E-state index in [1.807, 2.05) is 42.5 Å². The van der Waals surface area contributed by atoms with Gasteiger partial charge < -0.3 is 4.74 Å². The zero-order chi connectivity index (χ0) is 21.1. The minimum atomic E-state index is -0.443. The number of hydrazone groups is 1. The van der Waals surface area contributed by atoms with Gasteiger partial charge in [-0.25, -0.2) is 5.01 Å². The molecule has 2 aliphatic heterocycles. The maximum atomic E-state index is 13.1. The molecule has 2 aromatic carbocycles. The van der Waals surface area contributed by atoms with Crippen LogP contribution in [0.2, 0.25) is 0 Å². The van der Waals surface area contributed by atoms with Gasteiger partial charge >= 0.3 is 0 Å². The molecule has 1 atom stereocenters.